The van der Waals surface area contributed by atoms with Gasteiger partial charge in [0.1, 0.15) is 29.3 Å². The monoisotopic (exact) mass is 410 g/mol. The fourth-order valence-electron chi connectivity index (χ4n) is 3.71. The molecule has 4 rings (SSSR count). The molecule has 2 heterocycles. The molecule has 1 aliphatic heterocycles. The fraction of sp³-hybridized carbons (Fsp3) is 0.0909. The molecule has 9 nitrogen and oxygen atoms in total. The van der Waals surface area contributed by atoms with Crippen molar-refractivity contribution in [3.63, 3.8) is 0 Å². The van der Waals surface area contributed by atoms with Crippen LogP contribution in [0.3, 0.4) is 0 Å². The molecule has 0 saturated carbocycles. The lowest BCUT2D eigenvalue weighted by atomic mass is 9.88. The van der Waals surface area contributed by atoms with E-state index in [0.29, 0.717) is 11.4 Å². The molecule has 1 atom stereocenters. The minimum atomic E-state index is -0.671. The van der Waals surface area contributed by atoms with Gasteiger partial charge in [-0.1, -0.05) is 48.5 Å². The molecule has 3 aromatic rings. The van der Waals surface area contributed by atoms with Gasteiger partial charge < -0.3 is 21.9 Å². The van der Waals surface area contributed by atoms with E-state index in [9.17, 15) is 10.4 Å². The predicted octanol–water partition coefficient (Wildman–Crippen LogP) is 2.22. The van der Waals surface area contributed by atoms with Gasteiger partial charge in [-0.25, -0.2) is 9.98 Å². The van der Waals surface area contributed by atoms with Crippen molar-refractivity contribution in [3.8, 4) is 23.4 Å². The van der Waals surface area contributed by atoms with Crippen molar-refractivity contribution in [2.45, 2.75) is 12.6 Å². The fourth-order valence-corrected chi connectivity index (χ4v) is 3.71. The number of benzene rings is 2. The van der Waals surface area contributed by atoms with E-state index in [4.69, 9.17) is 16.7 Å². The van der Waals surface area contributed by atoms with Crippen molar-refractivity contribution in [2.24, 2.45) is 4.99 Å². The van der Waals surface area contributed by atoms with Crippen LogP contribution in [0, 0.1) is 22.8 Å². The van der Waals surface area contributed by atoms with Crippen LogP contribution in [0.4, 0.5) is 17.3 Å². The van der Waals surface area contributed by atoms with Crippen molar-refractivity contribution in [1.29, 1.82) is 10.5 Å². The van der Waals surface area contributed by atoms with Crippen LogP contribution in [0.15, 0.2) is 53.5 Å². The van der Waals surface area contributed by atoms with Gasteiger partial charge in [0.05, 0.1) is 12.3 Å². The van der Waals surface area contributed by atoms with E-state index < -0.39 is 6.04 Å². The number of aromatic nitrogens is 1. The molecule has 1 aromatic heterocycles. The Balaban J connectivity index is 2.00. The number of hydrogen-bond donors (Lipinski definition) is 5. The Morgan fingerprint density at radius 1 is 1.06 bits per heavy atom. The SMILES string of the molecule is N#CNC1=NC(c2ccccc2-c2ccccc2CO)c2c(nc(N)c(C#N)c2N)N1. The first-order valence-electron chi connectivity index (χ1n) is 9.36. The van der Waals surface area contributed by atoms with Gasteiger partial charge in [-0.2, -0.15) is 10.5 Å². The van der Waals surface area contributed by atoms with Crippen LogP contribution in [-0.4, -0.2) is 16.1 Å². The number of rotatable bonds is 3. The zero-order chi connectivity index (χ0) is 22.0. The number of nitrogens with one attached hydrogen (secondary N) is 2. The number of nitriles is 2. The van der Waals surface area contributed by atoms with Crippen LogP contribution in [0.5, 0.6) is 0 Å². The summed E-state index contributed by atoms with van der Waals surface area (Å²) in [5, 5.41) is 33.8. The zero-order valence-corrected chi connectivity index (χ0v) is 16.3. The van der Waals surface area contributed by atoms with Crippen LogP contribution in [0.1, 0.15) is 28.3 Å². The Kier molecular flexibility index (Phi) is 5.10. The smallest absolute Gasteiger partial charge is 0.211 e. The number of nitrogens with two attached hydrogens (primary N) is 2. The maximum absolute atomic E-state index is 9.83. The van der Waals surface area contributed by atoms with Gasteiger partial charge in [0.25, 0.3) is 0 Å². The minimum Gasteiger partial charge on any atom is -0.397 e. The molecule has 0 spiro atoms. The Bertz CT molecular complexity index is 1290. The maximum atomic E-state index is 9.83. The first-order chi connectivity index (χ1) is 15.1. The average Bonchev–Trinajstić information content (AvgIpc) is 2.79. The highest BCUT2D eigenvalue weighted by molar-refractivity contribution is 5.98. The summed E-state index contributed by atoms with van der Waals surface area (Å²) < 4.78 is 0. The first-order valence-corrected chi connectivity index (χ1v) is 9.36. The molecule has 9 heteroatoms. The molecule has 0 aliphatic carbocycles. The summed E-state index contributed by atoms with van der Waals surface area (Å²) in [5.74, 6) is 0.486. The van der Waals surface area contributed by atoms with Crippen LogP contribution < -0.4 is 22.1 Å². The predicted molar refractivity (Wildman–Crippen MR) is 117 cm³/mol. The molecular formula is C22H18N8O. The Hall–Kier alpha value is -4.60. The van der Waals surface area contributed by atoms with Crippen molar-refractivity contribution < 1.29 is 5.11 Å². The summed E-state index contributed by atoms with van der Waals surface area (Å²) in [6.45, 7) is -0.128. The summed E-state index contributed by atoms with van der Waals surface area (Å²) >= 11 is 0. The van der Waals surface area contributed by atoms with E-state index in [1.165, 1.54) is 0 Å². The van der Waals surface area contributed by atoms with Crippen molar-refractivity contribution >= 4 is 23.3 Å². The summed E-state index contributed by atoms with van der Waals surface area (Å²) in [5.41, 5.74) is 16.2. The second kappa shape index (κ2) is 8.03. The zero-order valence-electron chi connectivity index (χ0n) is 16.3. The van der Waals surface area contributed by atoms with Crippen molar-refractivity contribution in [3.05, 3.63) is 70.8 Å². The van der Waals surface area contributed by atoms with Gasteiger partial charge in [-0.3, -0.25) is 5.32 Å². The third-order valence-electron chi connectivity index (χ3n) is 5.09. The van der Waals surface area contributed by atoms with Crippen LogP contribution in [0.25, 0.3) is 11.1 Å². The molecule has 1 unspecified atom stereocenters. The van der Waals surface area contributed by atoms with Crippen LogP contribution >= 0.6 is 0 Å². The number of aliphatic hydroxyl groups is 1. The molecule has 2 aromatic carbocycles. The van der Waals surface area contributed by atoms with Gasteiger partial charge >= 0.3 is 0 Å². The van der Waals surface area contributed by atoms with E-state index in [-0.39, 0.29) is 29.6 Å². The van der Waals surface area contributed by atoms with E-state index in [2.05, 4.69) is 20.6 Å². The number of guanidine groups is 1. The molecule has 0 saturated heterocycles. The molecule has 0 radical (unpaired) electrons. The van der Waals surface area contributed by atoms with Gasteiger partial charge in [0.15, 0.2) is 6.19 Å². The van der Waals surface area contributed by atoms with Crippen molar-refractivity contribution in [2.75, 3.05) is 16.8 Å². The number of aliphatic imine (C=N–C) groups is 1. The number of hydrogen-bond acceptors (Lipinski definition) is 9. The molecule has 0 fully saturated rings. The standard InChI is InChI=1S/C22H18N8O/c23-9-16-18(25)17-19(28-22(27-11-24)30-21(17)29-20(16)26)15-8-4-3-7-14(15)13-6-2-1-5-12(13)10-31/h1-8,19,31H,10H2,(H6,25,26,27,28,29,30). The number of nitrogen functional groups attached to an aromatic ring is 2. The highest BCUT2D eigenvalue weighted by Crippen LogP contribution is 2.43. The largest absolute Gasteiger partial charge is 0.397 e. The lowest BCUT2D eigenvalue weighted by molar-refractivity contribution is 0.282. The van der Waals surface area contributed by atoms with Gasteiger partial charge in [0.2, 0.25) is 5.96 Å². The Morgan fingerprint density at radius 2 is 1.77 bits per heavy atom. The number of aliphatic hydroxyl groups excluding tert-OH is 1. The third-order valence-corrected chi connectivity index (χ3v) is 5.09. The quantitative estimate of drug-likeness (QED) is 0.323. The van der Waals surface area contributed by atoms with Gasteiger partial charge in [-0.05, 0) is 22.3 Å². The number of fused-ring (bicyclic) bond motifs is 1. The maximum Gasteiger partial charge on any atom is 0.211 e. The third kappa shape index (κ3) is 3.35. The summed E-state index contributed by atoms with van der Waals surface area (Å²) in [6.07, 6.45) is 1.84. The number of anilines is 3. The molecular weight excluding hydrogens is 392 g/mol. The lowest BCUT2D eigenvalue weighted by Gasteiger charge is -2.27. The molecule has 152 valence electrons. The minimum absolute atomic E-state index is 0.0119. The van der Waals surface area contributed by atoms with Gasteiger partial charge in [-0.15, -0.1) is 0 Å². The normalized spacial score (nSPS) is 14.4. The van der Waals surface area contributed by atoms with Crippen LogP contribution in [-0.2, 0) is 6.61 Å². The Labute approximate surface area is 178 Å². The molecule has 0 amide bonds. The van der Waals surface area contributed by atoms with E-state index in [1.54, 1.807) is 0 Å². The van der Waals surface area contributed by atoms with E-state index in [0.717, 1.165) is 22.3 Å². The summed E-state index contributed by atoms with van der Waals surface area (Å²) in [7, 11) is 0. The molecule has 1 aliphatic rings. The second-order valence-corrected chi connectivity index (χ2v) is 6.80. The highest BCUT2D eigenvalue weighted by atomic mass is 16.3. The summed E-state index contributed by atoms with van der Waals surface area (Å²) in [6, 6.07) is 16.4. The molecule has 31 heavy (non-hydrogen) atoms. The number of nitrogens with zero attached hydrogens (tertiary/aromatic N) is 4. The van der Waals surface area contributed by atoms with Gasteiger partial charge in [0, 0.05) is 5.56 Å². The van der Waals surface area contributed by atoms with E-state index in [1.807, 2.05) is 60.8 Å². The van der Waals surface area contributed by atoms with Crippen LogP contribution in [0.2, 0.25) is 0 Å². The second-order valence-electron chi connectivity index (χ2n) is 6.80. The average molecular weight is 410 g/mol. The topological polar surface area (TPSA) is 169 Å². The van der Waals surface area contributed by atoms with Crippen molar-refractivity contribution in [1.82, 2.24) is 10.3 Å². The highest BCUT2D eigenvalue weighted by Gasteiger charge is 2.31. The number of pyridine rings is 1. The summed E-state index contributed by atoms with van der Waals surface area (Å²) in [4.78, 5) is 8.91. The lowest BCUT2D eigenvalue weighted by Crippen LogP contribution is -2.33. The molecule has 0 bridgehead atoms. The first kappa shape index (κ1) is 19.7. The Morgan fingerprint density at radius 3 is 2.48 bits per heavy atom. The molecule has 7 N–H and O–H groups in total. The van der Waals surface area contributed by atoms with E-state index >= 15 is 0 Å².